The Kier molecular flexibility index (Phi) is 5.46. The zero-order chi connectivity index (χ0) is 21.3. The molecule has 2 aromatic rings. The molecule has 1 aromatic carbocycles. The number of carbonyl (C=O) groups is 2. The number of benzene rings is 1. The van der Waals surface area contributed by atoms with Crippen LogP contribution in [0.25, 0.3) is 0 Å². The Morgan fingerprint density at radius 1 is 1.03 bits per heavy atom. The van der Waals surface area contributed by atoms with Crippen LogP contribution in [-0.4, -0.2) is 66.6 Å². The number of piperazine rings is 1. The first-order chi connectivity index (χ1) is 14.4. The van der Waals surface area contributed by atoms with Crippen molar-refractivity contribution in [2.75, 3.05) is 31.1 Å². The van der Waals surface area contributed by atoms with Crippen LogP contribution in [0.15, 0.2) is 53.6 Å². The molecule has 0 N–H and O–H groups in total. The Labute approximate surface area is 176 Å². The van der Waals surface area contributed by atoms with Gasteiger partial charge in [0.2, 0.25) is 11.8 Å². The number of rotatable bonds is 4. The zero-order valence-corrected chi connectivity index (χ0v) is 17.6. The Balaban J connectivity index is 1.49. The molecule has 4 rings (SSSR count). The summed E-state index contributed by atoms with van der Waals surface area (Å²) in [6.45, 7) is 3.98. The molecular weight excluding hydrogens is 404 g/mol. The highest BCUT2D eigenvalue weighted by Crippen LogP contribution is 2.29. The monoisotopic (exact) mass is 428 g/mol. The molecule has 2 amide bonds. The standard InChI is InChI=1S/C21H24N4O4S/c1-16-5-7-17(8-6-16)30(28,29)25-18(9-10-20(25)26)21(27)24-14-12-23(13-15-24)19-4-2-3-11-22-19/h2-8,11,18H,9-10,12-15H2,1H3. The van der Waals surface area contributed by atoms with Crippen molar-refractivity contribution in [1.82, 2.24) is 14.2 Å². The second kappa shape index (κ2) is 8.06. The molecule has 0 bridgehead atoms. The number of pyridine rings is 1. The molecule has 0 spiro atoms. The van der Waals surface area contributed by atoms with Gasteiger partial charge in [0.15, 0.2) is 0 Å². The summed E-state index contributed by atoms with van der Waals surface area (Å²) in [4.78, 5) is 33.7. The molecule has 1 unspecified atom stereocenters. The molecule has 2 aliphatic rings. The van der Waals surface area contributed by atoms with Crippen LogP contribution in [0.4, 0.5) is 5.82 Å². The number of aromatic nitrogens is 1. The summed E-state index contributed by atoms with van der Waals surface area (Å²) in [5.41, 5.74) is 0.917. The van der Waals surface area contributed by atoms with E-state index in [-0.39, 0.29) is 23.6 Å². The molecule has 2 saturated heterocycles. The molecule has 8 nitrogen and oxygen atoms in total. The fourth-order valence-electron chi connectivity index (χ4n) is 3.92. The molecule has 0 radical (unpaired) electrons. The fraction of sp³-hybridized carbons (Fsp3) is 0.381. The normalized spacial score (nSPS) is 20.0. The largest absolute Gasteiger partial charge is 0.353 e. The lowest BCUT2D eigenvalue weighted by Crippen LogP contribution is -2.55. The van der Waals surface area contributed by atoms with Crippen molar-refractivity contribution in [3.05, 3.63) is 54.2 Å². The highest BCUT2D eigenvalue weighted by atomic mass is 32.2. The summed E-state index contributed by atoms with van der Waals surface area (Å²) in [6.07, 6.45) is 1.99. The smallest absolute Gasteiger partial charge is 0.267 e. The van der Waals surface area contributed by atoms with Crippen molar-refractivity contribution in [2.45, 2.75) is 30.7 Å². The summed E-state index contributed by atoms with van der Waals surface area (Å²) in [6, 6.07) is 11.0. The van der Waals surface area contributed by atoms with Crippen molar-refractivity contribution in [2.24, 2.45) is 0 Å². The van der Waals surface area contributed by atoms with Crippen LogP contribution in [0.3, 0.4) is 0 Å². The molecule has 0 saturated carbocycles. The first-order valence-corrected chi connectivity index (χ1v) is 11.4. The minimum atomic E-state index is -4.08. The molecule has 1 aromatic heterocycles. The number of hydrogen-bond acceptors (Lipinski definition) is 6. The van der Waals surface area contributed by atoms with Gasteiger partial charge in [0.05, 0.1) is 4.90 Å². The van der Waals surface area contributed by atoms with Crippen molar-refractivity contribution < 1.29 is 18.0 Å². The maximum atomic E-state index is 13.2. The van der Waals surface area contributed by atoms with Gasteiger partial charge >= 0.3 is 0 Å². The van der Waals surface area contributed by atoms with Gasteiger partial charge in [-0.2, -0.15) is 0 Å². The van der Waals surface area contributed by atoms with Gasteiger partial charge < -0.3 is 9.80 Å². The van der Waals surface area contributed by atoms with Gasteiger partial charge in [-0.1, -0.05) is 23.8 Å². The number of hydrogen-bond donors (Lipinski definition) is 0. The topological polar surface area (TPSA) is 90.9 Å². The number of nitrogens with zero attached hydrogens (tertiary/aromatic N) is 4. The lowest BCUT2D eigenvalue weighted by molar-refractivity contribution is -0.138. The summed E-state index contributed by atoms with van der Waals surface area (Å²) < 4.78 is 27.0. The number of aryl methyl sites for hydroxylation is 1. The minimum absolute atomic E-state index is 0.0288. The van der Waals surface area contributed by atoms with Gasteiger partial charge in [-0.05, 0) is 37.6 Å². The zero-order valence-electron chi connectivity index (χ0n) is 16.8. The Hall–Kier alpha value is -2.94. The van der Waals surface area contributed by atoms with Crippen LogP contribution in [0.5, 0.6) is 0 Å². The third-order valence-electron chi connectivity index (χ3n) is 5.59. The van der Waals surface area contributed by atoms with Crippen LogP contribution in [0, 0.1) is 6.92 Å². The number of sulfonamides is 1. The number of carbonyl (C=O) groups excluding carboxylic acids is 2. The molecule has 2 fully saturated rings. The van der Waals surface area contributed by atoms with E-state index < -0.39 is 22.0 Å². The Morgan fingerprint density at radius 2 is 1.73 bits per heavy atom. The van der Waals surface area contributed by atoms with Crippen molar-refractivity contribution in [3.8, 4) is 0 Å². The average molecular weight is 429 g/mol. The molecule has 158 valence electrons. The quantitative estimate of drug-likeness (QED) is 0.732. The molecule has 0 aliphatic carbocycles. The van der Waals surface area contributed by atoms with Crippen molar-refractivity contribution >= 4 is 27.7 Å². The van der Waals surface area contributed by atoms with Gasteiger partial charge in [0.25, 0.3) is 10.0 Å². The van der Waals surface area contributed by atoms with Gasteiger partial charge in [-0.3, -0.25) is 9.59 Å². The van der Waals surface area contributed by atoms with Crippen molar-refractivity contribution in [3.63, 3.8) is 0 Å². The Bertz CT molecular complexity index is 1030. The van der Waals surface area contributed by atoms with E-state index in [0.29, 0.717) is 26.2 Å². The van der Waals surface area contributed by atoms with Gasteiger partial charge in [0.1, 0.15) is 11.9 Å². The van der Waals surface area contributed by atoms with E-state index in [0.717, 1.165) is 15.7 Å². The SMILES string of the molecule is Cc1ccc(S(=O)(=O)N2C(=O)CCC2C(=O)N2CCN(c3ccccn3)CC2)cc1. The van der Waals surface area contributed by atoms with E-state index in [4.69, 9.17) is 0 Å². The van der Waals surface area contributed by atoms with E-state index in [1.54, 1.807) is 23.2 Å². The lowest BCUT2D eigenvalue weighted by Gasteiger charge is -2.37. The van der Waals surface area contributed by atoms with Gasteiger partial charge in [-0.15, -0.1) is 0 Å². The second-order valence-corrected chi connectivity index (χ2v) is 9.38. The first-order valence-electron chi connectivity index (χ1n) is 9.96. The van der Waals surface area contributed by atoms with Crippen LogP contribution in [0.2, 0.25) is 0 Å². The molecule has 9 heteroatoms. The van der Waals surface area contributed by atoms with Gasteiger partial charge in [-0.25, -0.2) is 17.7 Å². The Morgan fingerprint density at radius 3 is 2.37 bits per heavy atom. The molecule has 1 atom stereocenters. The predicted molar refractivity (Wildman–Crippen MR) is 111 cm³/mol. The minimum Gasteiger partial charge on any atom is -0.353 e. The van der Waals surface area contributed by atoms with Crippen LogP contribution >= 0.6 is 0 Å². The fourth-order valence-corrected chi connectivity index (χ4v) is 5.52. The summed E-state index contributed by atoms with van der Waals surface area (Å²) in [5, 5.41) is 0. The maximum absolute atomic E-state index is 13.2. The third kappa shape index (κ3) is 3.77. The van der Waals surface area contributed by atoms with E-state index >= 15 is 0 Å². The molecule has 3 heterocycles. The summed E-state index contributed by atoms with van der Waals surface area (Å²) in [7, 11) is -4.08. The number of amides is 2. The second-order valence-electron chi connectivity index (χ2n) is 7.56. The van der Waals surface area contributed by atoms with Crippen LogP contribution in [0.1, 0.15) is 18.4 Å². The van der Waals surface area contributed by atoms with Crippen LogP contribution < -0.4 is 4.90 Å². The van der Waals surface area contributed by atoms with E-state index in [1.807, 2.05) is 25.1 Å². The lowest BCUT2D eigenvalue weighted by atomic mass is 10.2. The van der Waals surface area contributed by atoms with E-state index in [9.17, 15) is 18.0 Å². The number of anilines is 1. The van der Waals surface area contributed by atoms with Gasteiger partial charge in [0, 0.05) is 38.8 Å². The highest BCUT2D eigenvalue weighted by Gasteiger charge is 2.45. The summed E-state index contributed by atoms with van der Waals surface area (Å²) in [5.74, 6) is 0.0162. The summed E-state index contributed by atoms with van der Waals surface area (Å²) >= 11 is 0. The molecule has 2 aliphatic heterocycles. The van der Waals surface area contributed by atoms with E-state index in [1.165, 1.54) is 12.1 Å². The average Bonchev–Trinajstić information content (AvgIpc) is 3.16. The van der Waals surface area contributed by atoms with Crippen molar-refractivity contribution in [1.29, 1.82) is 0 Å². The third-order valence-corrected chi connectivity index (χ3v) is 7.43. The van der Waals surface area contributed by atoms with E-state index in [2.05, 4.69) is 9.88 Å². The van der Waals surface area contributed by atoms with Crippen LogP contribution in [-0.2, 0) is 19.6 Å². The first kappa shape index (κ1) is 20.3. The molecule has 30 heavy (non-hydrogen) atoms. The predicted octanol–water partition coefficient (Wildman–Crippen LogP) is 1.42. The highest BCUT2D eigenvalue weighted by molar-refractivity contribution is 7.89. The molecular formula is C21H24N4O4S. The maximum Gasteiger partial charge on any atom is 0.267 e.